The summed E-state index contributed by atoms with van der Waals surface area (Å²) in [6.07, 6.45) is 10.7. The first kappa shape index (κ1) is 81.3. The Labute approximate surface area is 310 Å². The molecule has 1 aliphatic rings. The summed E-state index contributed by atoms with van der Waals surface area (Å²) < 4.78 is 27.5. The van der Waals surface area contributed by atoms with E-state index in [1.807, 2.05) is 27.7 Å². The molecule has 1 aliphatic carbocycles. The molecule has 0 aliphatic heterocycles. The van der Waals surface area contributed by atoms with Crippen LogP contribution in [0, 0.1) is 5.41 Å². The molecule has 1 rings (SSSR count). The first-order chi connectivity index (χ1) is 18.5. The largest absolute Gasteiger partial charge is 0.405 e. The van der Waals surface area contributed by atoms with Gasteiger partial charge in [-0.05, 0) is 70.9 Å². The maximum absolute atomic E-state index is 5.83. The second-order valence-electron chi connectivity index (χ2n) is 9.88. The van der Waals surface area contributed by atoms with Gasteiger partial charge in [-0.2, -0.15) is 0 Å². The lowest BCUT2D eigenvalue weighted by molar-refractivity contribution is 0.0515. The first-order valence-electron chi connectivity index (χ1n) is 13.6. The van der Waals surface area contributed by atoms with Gasteiger partial charge >= 0.3 is 0 Å². The Balaban J connectivity index is -0.0000000425. The van der Waals surface area contributed by atoms with E-state index >= 15 is 0 Å². The van der Waals surface area contributed by atoms with Gasteiger partial charge in [0.2, 0.25) is 0 Å². The van der Waals surface area contributed by atoms with Gasteiger partial charge in [-0.1, -0.05) is 81.2 Å². The van der Waals surface area contributed by atoms with Gasteiger partial charge in [-0.15, -0.1) is 0 Å². The Morgan fingerprint density at radius 2 is 0.755 bits per heavy atom. The highest BCUT2D eigenvalue weighted by molar-refractivity contribution is 5.15. The van der Waals surface area contributed by atoms with Crippen molar-refractivity contribution in [1.29, 1.82) is 0 Å². The summed E-state index contributed by atoms with van der Waals surface area (Å²) in [7, 11) is 0. The summed E-state index contributed by atoms with van der Waals surface area (Å²) in [5.74, 6) is 0. The van der Waals surface area contributed by atoms with Crippen LogP contribution < -0.4 is 40.1 Å². The van der Waals surface area contributed by atoms with Crippen LogP contribution in [0.4, 0.5) is 0 Å². The van der Waals surface area contributed by atoms with Crippen LogP contribution in [0.1, 0.15) is 115 Å². The van der Waals surface area contributed by atoms with E-state index in [-0.39, 0.29) is 116 Å². The van der Waals surface area contributed by atoms with Gasteiger partial charge in [0.15, 0.2) is 0 Å². The van der Waals surface area contributed by atoms with Crippen LogP contribution in [-0.4, -0.2) is 89.2 Å². The molecule has 7 unspecified atom stereocenters. The molecule has 49 heavy (non-hydrogen) atoms. The Bertz CT molecular complexity index is 580. The highest BCUT2D eigenvalue weighted by Crippen LogP contribution is 2.53. The van der Waals surface area contributed by atoms with E-state index in [1.165, 1.54) is 18.6 Å². The minimum Gasteiger partial charge on any atom is -0.405 e. The van der Waals surface area contributed by atoms with Crippen molar-refractivity contribution in [3.63, 3.8) is 0 Å². The van der Waals surface area contributed by atoms with Gasteiger partial charge in [-0.25, -0.2) is 0 Å². The normalized spacial score (nSPS) is 18.8. The summed E-state index contributed by atoms with van der Waals surface area (Å²) in [4.78, 5) is 0. The topological polar surface area (TPSA) is 228 Å². The molecule has 1 fully saturated rings. The lowest BCUT2D eigenvalue weighted by Crippen LogP contribution is -2.27. The molecule has 1 saturated carbocycles. The smallest absolute Gasteiger partial charge is 0.0952 e. The van der Waals surface area contributed by atoms with E-state index in [4.69, 9.17) is 63.8 Å². The van der Waals surface area contributed by atoms with Crippen molar-refractivity contribution in [3.8, 4) is 0 Å². The van der Waals surface area contributed by atoms with Crippen molar-refractivity contribution in [2.75, 3.05) is 52.9 Å². The zero-order valence-corrected chi connectivity index (χ0v) is 24.9. The van der Waals surface area contributed by atoms with Gasteiger partial charge in [0.25, 0.3) is 0 Å². The highest BCUT2D eigenvalue weighted by Gasteiger charge is 2.66. The molecule has 0 saturated heterocycles. The van der Waals surface area contributed by atoms with Crippen molar-refractivity contribution in [1.82, 2.24) is 0 Å². The van der Waals surface area contributed by atoms with E-state index < -0.39 is 0 Å². The monoisotopic (exact) mass is 722 g/mol. The quantitative estimate of drug-likeness (QED) is 0.0723. The third-order valence-corrected chi connectivity index (χ3v) is 5.22. The zero-order valence-electron chi connectivity index (χ0n) is 24.9. The average Bonchev–Trinajstić information content (AvgIpc) is 3.47. The van der Waals surface area contributed by atoms with Crippen LogP contribution in [-0.2, 0) is 23.7 Å². The number of hydrogen-bond acceptors (Lipinski definition) is 12. The van der Waals surface area contributed by atoms with Crippen molar-refractivity contribution in [2.24, 2.45) is 45.6 Å². The summed E-state index contributed by atoms with van der Waals surface area (Å²) in [5.41, 5.74) is 37.5. The molecule has 312 valence electrons. The van der Waals surface area contributed by atoms with Crippen molar-refractivity contribution < 1.29 is 23.7 Å². The maximum Gasteiger partial charge on any atom is 0.0952 e. The molecule has 7 atom stereocenters. The minimum absolute atomic E-state index is 0. The fourth-order valence-corrected chi connectivity index (χ4v) is 3.27. The SMILES string of the molecule is C.C.C.C.C.C.C.C.C.C.CC(N)COCC(C)N.CC(N)COCC(C)N.CCC1(COC/C=C/N)C(OC/C=C\N)C1OC/C=C/N. The van der Waals surface area contributed by atoms with E-state index in [1.54, 1.807) is 18.2 Å². The summed E-state index contributed by atoms with van der Waals surface area (Å²) in [5, 5.41) is 0. The van der Waals surface area contributed by atoms with E-state index in [2.05, 4.69) is 6.92 Å². The van der Waals surface area contributed by atoms with Gasteiger partial charge < -0.3 is 63.8 Å². The predicted octanol–water partition coefficient (Wildman–Crippen LogP) is 6.36. The molecule has 14 N–H and O–H groups in total. The molecular formula is C37H99N7O5. The summed E-state index contributed by atoms with van der Waals surface area (Å²) >= 11 is 0. The summed E-state index contributed by atoms with van der Waals surface area (Å²) in [6.45, 7) is 14.1. The second-order valence-corrected chi connectivity index (χ2v) is 9.88. The molecule has 0 heterocycles. The number of hydrogen-bond donors (Lipinski definition) is 7. The molecule has 0 aromatic carbocycles. The van der Waals surface area contributed by atoms with Gasteiger partial charge in [0, 0.05) is 24.2 Å². The van der Waals surface area contributed by atoms with E-state index in [9.17, 15) is 0 Å². The second kappa shape index (κ2) is 53.1. The number of nitrogens with two attached hydrogens (primary N) is 7. The van der Waals surface area contributed by atoms with Crippen LogP contribution in [0.5, 0.6) is 0 Å². The number of rotatable bonds is 19. The van der Waals surface area contributed by atoms with Crippen LogP contribution in [0.25, 0.3) is 0 Å². The van der Waals surface area contributed by atoms with E-state index in [0.29, 0.717) is 52.9 Å². The highest BCUT2D eigenvalue weighted by atomic mass is 16.6. The third-order valence-electron chi connectivity index (χ3n) is 5.22. The Morgan fingerprint density at radius 3 is 0.980 bits per heavy atom. The molecule has 0 amide bonds. The van der Waals surface area contributed by atoms with Gasteiger partial charge in [0.05, 0.1) is 70.5 Å². The zero-order chi connectivity index (χ0) is 30.1. The molecule has 0 spiro atoms. The Hall–Kier alpha value is -1.74. The third kappa shape index (κ3) is 46.3. The molecular weight excluding hydrogens is 622 g/mol. The lowest BCUT2D eigenvalue weighted by Gasteiger charge is -2.15. The van der Waals surface area contributed by atoms with Gasteiger partial charge in [-0.3, -0.25) is 0 Å². The fraction of sp³-hybridized carbons (Fsp3) is 0.838. The van der Waals surface area contributed by atoms with Crippen LogP contribution in [0.3, 0.4) is 0 Å². The van der Waals surface area contributed by atoms with Crippen molar-refractivity contribution in [3.05, 3.63) is 36.8 Å². The molecule has 0 bridgehead atoms. The first-order valence-corrected chi connectivity index (χ1v) is 13.6. The molecule has 0 radical (unpaired) electrons. The van der Waals surface area contributed by atoms with Crippen LogP contribution in [0.2, 0.25) is 0 Å². The van der Waals surface area contributed by atoms with Crippen molar-refractivity contribution in [2.45, 2.75) is 152 Å². The average molecular weight is 722 g/mol. The lowest BCUT2D eigenvalue weighted by atomic mass is 10.0. The fourth-order valence-electron chi connectivity index (χ4n) is 3.27. The van der Waals surface area contributed by atoms with Crippen LogP contribution >= 0.6 is 0 Å². The predicted molar refractivity (Wildman–Crippen MR) is 227 cm³/mol. The van der Waals surface area contributed by atoms with Crippen LogP contribution in [0.15, 0.2) is 36.8 Å². The summed E-state index contributed by atoms with van der Waals surface area (Å²) in [6, 6.07) is 0.458. The minimum atomic E-state index is -0.118. The molecule has 0 aromatic rings. The Kier molecular flexibility index (Phi) is 88.1. The molecule has 12 heteroatoms. The standard InChI is InChI=1S/C15H27N3O3.2C6H16N2O.10CH4/c1-2-15(12-19-9-3-6-16)13(20-10-4-7-17)14(15)21-11-5-8-18;2*1-5(7)3-9-4-6(2)8;;;;;;;;;;/h3-8,13-14H,2,9-12,16-18H2,1H3;2*5-6H,3-4,7-8H2,1-2H3;10*1H4/b6-3+,7-4-,8-5+;;;;;;;;;;;;. The number of ether oxygens (including phenoxy) is 5. The maximum atomic E-state index is 5.83. The van der Waals surface area contributed by atoms with E-state index in [0.717, 1.165) is 6.42 Å². The Morgan fingerprint density at radius 1 is 0.490 bits per heavy atom. The van der Waals surface area contributed by atoms with Gasteiger partial charge in [0.1, 0.15) is 0 Å². The molecule has 12 nitrogen and oxygen atoms in total. The van der Waals surface area contributed by atoms with Crippen molar-refractivity contribution >= 4 is 0 Å². The molecule has 0 aromatic heterocycles.